The smallest absolute Gasteiger partial charge is 0.227 e. The normalized spacial score (nSPS) is 11.4. The highest BCUT2D eigenvalue weighted by Gasteiger charge is 2.27. The van der Waals surface area contributed by atoms with Crippen molar-refractivity contribution in [3.8, 4) is 5.75 Å². The number of nitrogens with zero attached hydrogens (tertiary/aromatic N) is 1. The first-order valence-corrected chi connectivity index (χ1v) is 8.90. The molecule has 7 nitrogen and oxygen atoms in total. The van der Waals surface area contributed by atoms with Crippen LogP contribution in [0.25, 0.3) is 0 Å². The first-order valence-electron chi connectivity index (χ1n) is 8.90. The molecule has 3 N–H and O–H groups in total. The number of halogens is 1. The number of nitrogens with one attached hydrogen (secondary N) is 3. The number of hydrogen-bond donors (Lipinski definition) is 3. The lowest BCUT2D eigenvalue weighted by atomic mass is 9.92. The van der Waals surface area contributed by atoms with Crippen molar-refractivity contribution in [3.05, 3.63) is 24.3 Å². The number of aliphatic imine (C=N–C) groups is 1. The molecule has 1 aromatic rings. The van der Waals surface area contributed by atoms with E-state index in [2.05, 4.69) is 20.9 Å². The van der Waals surface area contributed by atoms with Crippen molar-refractivity contribution >= 4 is 41.5 Å². The highest BCUT2D eigenvalue weighted by molar-refractivity contribution is 14.0. The summed E-state index contributed by atoms with van der Waals surface area (Å²) in [6.45, 7) is 8.06. The zero-order chi connectivity index (χ0) is 19.4. The summed E-state index contributed by atoms with van der Waals surface area (Å²) in [5, 5.41) is 9.26. The molecule has 0 radical (unpaired) electrons. The number of anilines is 1. The molecule has 0 spiro atoms. The van der Waals surface area contributed by atoms with Gasteiger partial charge >= 0.3 is 0 Å². The minimum Gasteiger partial charge on any atom is -0.493 e. The quantitative estimate of drug-likeness (QED) is 0.203. The lowest BCUT2D eigenvalue weighted by Gasteiger charge is -2.24. The van der Waals surface area contributed by atoms with Gasteiger partial charge in [-0.1, -0.05) is 6.07 Å². The Morgan fingerprint density at radius 3 is 2.59 bits per heavy atom. The van der Waals surface area contributed by atoms with Crippen molar-refractivity contribution in [2.24, 2.45) is 10.4 Å². The Balaban J connectivity index is 0.00000676. The van der Waals surface area contributed by atoms with Gasteiger partial charge in [0.1, 0.15) is 5.75 Å². The van der Waals surface area contributed by atoms with Gasteiger partial charge in [0, 0.05) is 52.0 Å². The SMILES string of the molecule is CCNC(=O)C(C)(C)CNC(=NC)Nc1cccc(OCCCOC)c1.I. The summed E-state index contributed by atoms with van der Waals surface area (Å²) in [4.78, 5) is 16.3. The van der Waals surface area contributed by atoms with Gasteiger partial charge in [0.15, 0.2) is 5.96 Å². The number of ether oxygens (including phenoxy) is 2. The summed E-state index contributed by atoms with van der Waals surface area (Å²) >= 11 is 0. The van der Waals surface area contributed by atoms with E-state index in [9.17, 15) is 4.79 Å². The van der Waals surface area contributed by atoms with Crippen molar-refractivity contribution in [3.63, 3.8) is 0 Å². The van der Waals surface area contributed by atoms with Crippen LogP contribution in [0.5, 0.6) is 5.75 Å². The zero-order valence-electron chi connectivity index (χ0n) is 16.9. The van der Waals surface area contributed by atoms with Crippen molar-refractivity contribution in [2.75, 3.05) is 45.8 Å². The fraction of sp³-hybridized carbons (Fsp3) is 0.579. The second-order valence-electron chi connectivity index (χ2n) is 6.52. The monoisotopic (exact) mass is 492 g/mol. The third kappa shape index (κ3) is 9.81. The molecule has 0 aliphatic heterocycles. The molecule has 0 heterocycles. The predicted molar refractivity (Wildman–Crippen MR) is 121 cm³/mol. The van der Waals surface area contributed by atoms with E-state index in [1.54, 1.807) is 14.2 Å². The van der Waals surface area contributed by atoms with Crippen LogP contribution in [0.15, 0.2) is 29.3 Å². The molecule has 0 saturated carbocycles. The molecule has 0 aliphatic rings. The van der Waals surface area contributed by atoms with Gasteiger partial charge in [-0.25, -0.2) is 0 Å². The van der Waals surface area contributed by atoms with E-state index in [0.29, 0.717) is 32.3 Å². The van der Waals surface area contributed by atoms with E-state index in [-0.39, 0.29) is 29.9 Å². The Kier molecular flexibility index (Phi) is 12.8. The van der Waals surface area contributed by atoms with Crippen LogP contribution >= 0.6 is 24.0 Å². The zero-order valence-corrected chi connectivity index (χ0v) is 19.3. The highest BCUT2D eigenvalue weighted by Crippen LogP contribution is 2.18. The van der Waals surface area contributed by atoms with Crippen LogP contribution in [-0.2, 0) is 9.53 Å². The number of methoxy groups -OCH3 is 1. The van der Waals surface area contributed by atoms with E-state index in [0.717, 1.165) is 17.9 Å². The first-order chi connectivity index (χ1) is 12.4. The molecule has 154 valence electrons. The minimum atomic E-state index is -0.542. The number of carbonyl (C=O) groups excluding carboxylic acids is 1. The second kappa shape index (κ2) is 13.6. The van der Waals surface area contributed by atoms with Crippen LogP contribution in [-0.4, -0.2) is 52.3 Å². The molecule has 0 unspecified atom stereocenters. The largest absolute Gasteiger partial charge is 0.493 e. The van der Waals surface area contributed by atoms with Gasteiger partial charge in [0.2, 0.25) is 5.91 Å². The molecule has 0 aromatic heterocycles. The number of guanidine groups is 1. The van der Waals surface area contributed by atoms with Crippen LogP contribution < -0.4 is 20.7 Å². The molecule has 0 atom stereocenters. The molecule has 0 saturated heterocycles. The maximum absolute atomic E-state index is 12.1. The average molecular weight is 492 g/mol. The van der Waals surface area contributed by atoms with Crippen LogP contribution in [0.3, 0.4) is 0 Å². The third-order valence-corrected chi connectivity index (χ3v) is 3.73. The van der Waals surface area contributed by atoms with Crippen LogP contribution in [0.1, 0.15) is 27.2 Å². The summed E-state index contributed by atoms with van der Waals surface area (Å²) in [6.07, 6.45) is 0.840. The van der Waals surface area contributed by atoms with Crippen molar-refractivity contribution in [2.45, 2.75) is 27.2 Å². The molecular formula is C19H33IN4O3. The van der Waals surface area contributed by atoms with Crippen molar-refractivity contribution < 1.29 is 14.3 Å². The number of amides is 1. The van der Waals surface area contributed by atoms with Gasteiger partial charge in [-0.05, 0) is 32.9 Å². The summed E-state index contributed by atoms with van der Waals surface area (Å²) in [5.41, 5.74) is 0.318. The molecule has 27 heavy (non-hydrogen) atoms. The van der Waals surface area contributed by atoms with Gasteiger partial charge in [-0.15, -0.1) is 24.0 Å². The Labute approximate surface area is 179 Å². The minimum absolute atomic E-state index is 0. The molecule has 1 aromatic carbocycles. The first kappa shape index (κ1) is 25.4. The Bertz CT molecular complexity index is 594. The fourth-order valence-corrected chi connectivity index (χ4v) is 2.16. The topological polar surface area (TPSA) is 84.0 Å². The van der Waals surface area contributed by atoms with Crippen LogP contribution in [0.4, 0.5) is 5.69 Å². The van der Waals surface area contributed by atoms with Crippen LogP contribution in [0, 0.1) is 5.41 Å². The van der Waals surface area contributed by atoms with E-state index in [1.807, 2.05) is 45.0 Å². The average Bonchev–Trinajstić information content (AvgIpc) is 2.63. The number of benzene rings is 1. The van der Waals surface area contributed by atoms with E-state index >= 15 is 0 Å². The second-order valence-corrected chi connectivity index (χ2v) is 6.52. The number of carbonyl (C=O) groups is 1. The maximum Gasteiger partial charge on any atom is 0.227 e. The number of hydrogen-bond acceptors (Lipinski definition) is 4. The summed E-state index contributed by atoms with van der Waals surface area (Å²) in [6, 6.07) is 7.67. The van der Waals surface area contributed by atoms with Gasteiger partial charge in [0.05, 0.1) is 12.0 Å². The molecule has 1 amide bonds. The summed E-state index contributed by atoms with van der Waals surface area (Å²) < 4.78 is 10.7. The van der Waals surface area contributed by atoms with Gasteiger partial charge < -0.3 is 25.4 Å². The van der Waals surface area contributed by atoms with E-state index in [4.69, 9.17) is 9.47 Å². The molecule has 1 rings (SSSR count). The standard InChI is InChI=1S/C19H32N4O3.HI/c1-6-21-17(24)19(2,3)14-22-18(20-4)23-15-9-7-10-16(13-15)26-12-8-11-25-5;/h7,9-10,13H,6,8,11-12,14H2,1-5H3,(H,21,24)(H2,20,22,23);1H. The molecule has 0 aliphatic carbocycles. The summed E-state index contributed by atoms with van der Waals surface area (Å²) in [5.74, 6) is 1.39. The van der Waals surface area contributed by atoms with Crippen molar-refractivity contribution in [1.29, 1.82) is 0 Å². The van der Waals surface area contributed by atoms with Crippen LogP contribution in [0.2, 0.25) is 0 Å². The molecule has 8 heteroatoms. The fourth-order valence-electron chi connectivity index (χ4n) is 2.16. The van der Waals surface area contributed by atoms with E-state index < -0.39 is 5.41 Å². The lowest BCUT2D eigenvalue weighted by Crippen LogP contribution is -2.46. The summed E-state index contributed by atoms with van der Waals surface area (Å²) in [7, 11) is 3.37. The molecule has 0 fully saturated rings. The highest BCUT2D eigenvalue weighted by atomic mass is 127. The Hall–Kier alpha value is -1.55. The predicted octanol–water partition coefficient (Wildman–Crippen LogP) is 2.87. The Morgan fingerprint density at radius 1 is 1.22 bits per heavy atom. The Morgan fingerprint density at radius 2 is 1.96 bits per heavy atom. The van der Waals surface area contributed by atoms with E-state index in [1.165, 1.54) is 0 Å². The molecule has 0 bridgehead atoms. The van der Waals surface area contributed by atoms with Crippen molar-refractivity contribution in [1.82, 2.24) is 10.6 Å². The third-order valence-electron chi connectivity index (χ3n) is 3.73. The maximum atomic E-state index is 12.1. The number of rotatable bonds is 10. The van der Waals surface area contributed by atoms with Gasteiger partial charge in [-0.3, -0.25) is 9.79 Å². The molecular weight excluding hydrogens is 459 g/mol. The lowest BCUT2D eigenvalue weighted by molar-refractivity contribution is -0.128. The van der Waals surface area contributed by atoms with Gasteiger partial charge in [-0.2, -0.15) is 0 Å². The van der Waals surface area contributed by atoms with Gasteiger partial charge in [0.25, 0.3) is 0 Å².